The van der Waals surface area contributed by atoms with Gasteiger partial charge in [0.05, 0.1) is 7.11 Å². The van der Waals surface area contributed by atoms with Crippen LogP contribution in [0.5, 0.6) is 5.75 Å². The molecule has 6 heteroatoms. The van der Waals surface area contributed by atoms with Gasteiger partial charge in [-0.2, -0.15) is 5.26 Å². The van der Waals surface area contributed by atoms with Crippen molar-refractivity contribution in [1.82, 2.24) is 0 Å². The zero-order valence-corrected chi connectivity index (χ0v) is 14.0. The minimum atomic E-state index is -0.491. The molecule has 0 spiro atoms. The normalized spacial score (nSPS) is 14.2. The smallest absolute Gasteiger partial charge is 0.266 e. The van der Waals surface area contributed by atoms with Crippen molar-refractivity contribution in [3.05, 3.63) is 47.7 Å². The minimum absolute atomic E-state index is 0.0230. The first-order valence-corrected chi connectivity index (χ1v) is 8.11. The number of benzene rings is 1. The van der Waals surface area contributed by atoms with Crippen molar-refractivity contribution >= 4 is 23.6 Å². The highest BCUT2D eigenvalue weighted by Crippen LogP contribution is 2.24. The summed E-state index contributed by atoms with van der Waals surface area (Å²) in [6, 6.07) is 12.5. The average Bonchev–Trinajstić information content (AvgIpc) is 3.31. The van der Waals surface area contributed by atoms with E-state index in [1.807, 2.05) is 12.1 Å². The molecule has 1 aliphatic rings. The fraction of sp³-hybridized carbons (Fsp3) is 0.263. The summed E-state index contributed by atoms with van der Waals surface area (Å²) in [4.78, 5) is 14.5. The van der Waals surface area contributed by atoms with Gasteiger partial charge in [-0.15, -0.1) is 0 Å². The van der Waals surface area contributed by atoms with Gasteiger partial charge in [0.1, 0.15) is 23.2 Å². The lowest BCUT2D eigenvalue weighted by atomic mass is 10.2. The Morgan fingerprint density at radius 2 is 2.12 bits per heavy atom. The van der Waals surface area contributed by atoms with Gasteiger partial charge in [0.15, 0.2) is 5.88 Å². The van der Waals surface area contributed by atoms with Crippen LogP contribution in [-0.4, -0.2) is 26.1 Å². The largest absolute Gasteiger partial charge is 0.497 e. The topological polar surface area (TPSA) is 78.5 Å². The summed E-state index contributed by atoms with van der Waals surface area (Å²) in [7, 11) is 1.55. The molecule has 0 saturated carbocycles. The summed E-state index contributed by atoms with van der Waals surface area (Å²) in [5.41, 5.74) is 0.535. The molecule has 2 heterocycles. The fourth-order valence-corrected chi connectivity index (χ4v) is 2.72. The predicted octanol–water partition coefficient (Wildman–Crippen LogP) is 3.43. The fourth-order valence-electron chi connectivity index (χ4n) is 2.72. The Balaban J connectivity index is 1.73. The van der Waals surface area contributed by atoms with Crippen LogP contribution >= 0.6 is 0 Å². The van der Waals surface area contributed by atoms with Gasteiger partial charge in [0.2, 0.25) is 0 Å². The van der Waals surface area contributed by atoms with E-state index in [1.54, 1.807) is 37.4 Å². The van der Waals surface area contributed by atoms with Gasteiger partial charge in [-0.05, 0) is 31.0 Å². The first-order chi connectivity index (χ1) is 12.2. The molecule has 6 nitrogen and oxygen atoms in total. The van der Waals surface area contributed by atoms with E-state index >= 15 is 0 Å². The Kier molecular flexibility index (Phi) is 5.05. The van der Waals surface area contributed by atoms with E-state index in [4.69, 9.17) is 9.15 Å². The van der Waals surface area contributed by atoms with Gasteiger partial charge >= 0.3 is 0 Å². The van der Waals surface area contributed by atoms with E-state index in [2.05, 4.69) is 10.2 Å². The monoisotopic (exact) mass is 337 g/mol. The number of amides is 1. The van der Waals surface area contributed by atoms with Crippen LogP contribution in [-0.2, 0) is 4.79 Å². The van der Waals surface area contributed by atoms with Crippen molar-refractivity contribution < 1.29 is 13.9 Å². The van der Waals surface area contributed by atoms with E-state index in [9.17, 15) is 10.1 Å². The predicted molar refractivity (Wildman–Crippen MR) is 95.4 cm³/mol. The third-order valence-electron chi connectivity index (χ3n) is 4.01. The number of methoxy groups -OCH3 is 1. The van der Waals surface area contributed by atoms with Crippen LogP contribution in [0.2, 0.25) is 0 Å². The van der Waals surface area contributed by atoms with Crippen molar-refractivity contribution in [2.24, 2.45) is 0 Å². The van der Waals surface area contributed by atoms with Crippen LogP contribution in [0, 0.1) is 11.3 Å². The molecule has 0 bridgehead atoms. The number of nitriles is 1. The number of nitrogens with one attached hydrogen (secondary N) is 1. The molecule has 1 aromatic heterocycles. The van der Waals surface area contributed by atoms with Crippen molar-refractivity contribution in [2.45, 2.75) is 12.8 Å². The maximum atomic E-state index is 12.3. The summed E-state index contributed by atoms with van der Waals surface area (Å²) in [5.74, 6) is 1.39. The van der Waals surface area contributed by atoms with Gasteiger partial charge in [-0.3, -0.25) is 4.79 Å². The first kappa shape index (κ1) is 16.7. The van der Waals surface area contributed by atoms with Gasteiger partial charge in [0.25, 0.3) is 5.91 Å². The van der Waals surface area contributed by atoms with Gasteiger partial charge in [-0.25, -0.2) is 0 Å². The molecule has 1 aliphatic heterocycles. The van der Waals surface area contributed by atoms with Gasteiger partial charge < -0.3 is 19.4 Å². The molecular formula is C19H19N3O3. The molecule has 2 aromatic rings. The second kappa shape index (κ2) is 7.58. The molecule has 128 valence electrons. The second-order valence-corrected chi connectivity index (χ2v) is 5.73. The van der Waals surface area contributed by atoms with E-state index in [0.717, 1.165) is 31.8 Å². The quantitative estimate of drug-likeness (QED) is 0.668. The van der Waals surface area contributed by atoms with E-state index < -0.39 is 5.91 Å². The summed E-state index contributed by atoms with van der Waals surface area (Å²) < 4.78 is 10.9. The maximum Gasteiger partial charge on any atom is 0.266 e. The molecule has 1 fully saturated rings. The first-order valence-electron chi connectivity index (χ1n) is 8.11. The van der Waals surface area contributed by atoms with E-state index in [0.29, 0.717) is 17.2 Å². The molecule has 0 aliphatic carbocycles. The van der Waals surface area contributed by atoms with Crippen molar-refractivity contribution in [3.63, 3.8) is 0 Å². The molecule has 0 atom stereocenters. The lowest BCUT2D eigenvalue weighted by Gasteiger charge is -2.12. The SMILES string of the molecule is COc1cccc(NC(=O)/C(C#N)=C\c2ccc(N3CCCC3)o2)c1. The standard InChI is InChI=1S/C19H19N3O3/c1-24-16-6-4-5-15(12-16)21-19(23)14(13-20)11-17-7-8-18(25-17)22-9-2-3-10-22/h4-8,11-12H,2-3,9-10H2,1H3,(H,21,23)/b14-11-. The third-order valence-corrected chi connectivity index (χ3v) is 4.01. The Bertz CT molecular complexity index is 826. The Labute approximate surface area is 146 Å². The van der Waals surface area contributed by atoms with E-state index in [-0.39, 0.29) is 5.57 Å². The molecule has 1 saturated heterocycles. The number of ether oxygens (including phenoxy) is 1. The molecule has 3 rings (SSSR count). The number of nitrogens with zero attached hydrogens (tertiary/aromatic N) is 2. The van der Waals surface area contributed by atoms with Crippen LogP contribution in [0.1, 0.15) is 18.6 Å². The van der Waals surface area contributed by atoms with Crippen molar-refractivity contribution in [1.29, 1.82) is 5.26 Å². The van der Waals surface area contributed by atoms with Crippen molar-refractivity contribution in [3.8, 4) is 11.8 Å². The number of hydrogen-bond donors (Lipinski definition) is 1. The zero-order valence-electron chi connectivity index (χ0n) is 14.0. The van der Waals surface area contributed by atoms with Gasteiger partial charge in [-0.1, -0.05) is 6.07 Å². The van der Waals surface area contributed by atoms with E-state index in [1.165, 1.54) is 6.08 Å². The van der Waals surface area contributed by atoms with Crippen LogP contribution in [0.4, 0.5) is 11.6 Å². The lowest BCUT2D eigenvalue weighted by molar-refractivity contribution is -0.112. The van der Waals surface area contributed by atoms with Crippen LogP contribution in [0.25, 0.3) is 6.08 Å². The molecule has 1 amide bonds. The number of anilines is 2. The van der Waals surface area contributed by atoms with Crippen LogP contribution in [0.15, 0.2) is 46.4 Å². The highest BCUT2D eigenvalue weighted by atomic mass is 16.5. The highest BCUT2D eigenvalue weighted by Gasteiger charge is 2.16. The number of carbonyl (C=O) groups excluding carboxylic acids is 1. The Morgan fingerprint density at radius 1 is 1.32 bits per heavy atom. The van der Waals surface area contributed by atoms with Gasteiger partial charge in [0, 0.05) is 37.0 Å². The highest BCUT2D eigenvalue weighted by molar-refractivity contribution is 6.09. The Morgan fingerprint density at radius 3 is 2.84 bits per heavy atom. The molecule has 1 aromatic carbocycles. The summed E-state index contributed by atoms with van der Waals surface area (Å²) in [6.45, 7) is 1.94. The van der Waals surface area contributed by atoms with Crippen LogP contribution in [0.3, 0.4) is 0 Å². The summed E-state index contributed by atoms with van der Waals surface area (Å²) >= 11 is 0. The number of hydrogen-bond acceptors (Lipinski definition) is 5. The molecule has 0 radical (unpaired) electrons. The molecular weight excluding hydrogens is 318 g/mol. The minimum Gasteiger partial charge on any atom is -0.497 e. The number of furan rings is 1. The summed E-state index contributed by atoms with van der Waals surface area (Å²) in [5, 5.41) is 12.0. The second-order valence-electron chi connectivity index (χ2n) is 5.73. The van der Waals surface area contributed by atoms with Crippen molar-refractivity contribution in [2.75, 3.05) is 30.4 Å². The number of carbonyl (C=O) groups is 1. The average molecular weight is 337 g/mol. The molecule has 1 N–H and O–H groups in total. The Hall–Kier alpha value is -3.20. The molecule has 25 heavy (non-hydrogen) atoms. The maximum absolute atomic E-state index is 12.3. The molecule has 0 unspecified atom stereocenters. The zero-order chi connectivity index (χ0) is 17.6. The lowest BCUT2D eigenvalue weighted by Crippen LogP contribution is -2.16. The summed E-state index contributed by atoms with van der Waals surface area (Å²) in [6.07, 6.45) is 3.76. The van der Waals surface area contributed by atoms with Crippen LogP contribution < -0.4 is 15.0 Å². The number of rotatable bonds is 5. The third kappa shape index (κ3) is 4.01.